The Morgan fingerprint density at radius 2 is 1.87 bits per heavy atom. The van der Waals surface area contributed by atoms with Crippen LogP contribution < -0.4 is 0 Å². The number of benzene rings is 1. The Kier molecular flexibility index (Phi) is 2.30. The molecule has 2 N–H and O–H groups in total. The van der Waals surface area contributed by atoms with E-state index in [0.717, 1.165) is 11.1 Å². The number of halogens is 1. The van der Waals surface area contributed by atoms with Crippen LogP contribution in [0.5, 0.6) is 0 Å². The van der Waals surface area contributed by atoms with Crippen LogP contribution in [0.15, 0.2) is 12.1 Å². The first-order valence-electron chi connectivity index (χ1n) is 4.86. The topological polar surface area (TPSA) is 43.7 Å². The molecule has 1 heterocycles. The Morgan fingerprint density at radius 3 is 2.40 bits per heavy atom. The Balaban J connectivity index is 2.39. The van der Waals surface area contributed by atoms with Gasteiger partial charge in [0.1, 0.15) is 5.82 Å². The van der Waals surface area contributed by atoms with Gasteiger partial charge in [-0.05, 0) is 24.1 Å². The molecule has 0 saturated carbocycles. The molecule has 2 rings (SSSR count). The molecule has 1 aliphatic heterocycles. The summed E-state index contributed by atoms with van der Waals surface area (Å²) in [6.07, 6.45) is 0. The number of aliphatic hydroxyl groups is 2. The molecular weight excluding hydrogens is 197 g/mol. The molecular formula is C11H14FNO2. The van der Waals surface area contributed by atoms with Gasteiger partial charge in [0, 0.05) is 25.6 Å². The van der Waals surface area contributed by atoms with Gasteiger partial charge in [0.2, 0.25) is 5.91 Å². The third kappa shape index (κ3) is 1.76. The zero-order valence-corrected chi connectivity index (χ0v) is 8.79. The lowest BCUT2D eigenvalue weighted by molar-refractivity contribution is -0.254. The molecule has 0 amide bonds. The average molecular weight is 211 g/mol. The monoisotopic (exact) mass is 211 g/mol. The Hall–Kier alpha value is -0.970. The predicted molar refractivity (Wildman–Crippen MR) is 53.2 cm³/mol. The van der Waals surface area contributed by atoms with Crippen molar-refractivity contribution in [1.82, 2.24) is 4.90 Å². The number of hydrogen-bond acceptors (Lipinski definition) is 3. The lowest BCUT2D eigenvalue weighted by atomic mass is 10.0. The summed E-state index contributed by atoms with van der Waals surface area (Å²) in [5.41, 5.74) is 2.42. The van der Waals surface area contributed by atoms with Gasteiger partial charge in [-0.2, -0.15) is 0 Å². The lowest BCUT2D eigenvalue weighted by Gasteiger charge is -2.27. The van der Waals surface area contributed by atoms with Gasteiger partial charge in [-0.25, -0.2) is 9.29 Å². The molecule has 1 aromatic carbocycles. The second kappa shape index (κ2) is 3.27. The number of rotatable bonds is 1. The largest absolute Gasteiger partial charge is 0.353 e. The maximum absolute atomic E-state index is 13.4. The minimum Gasteiger partial charge on any atom is -0.353 e. The van der Waals surface area contributed by atoms with Gasteiger partial charge >= 0.3 is 0 Å². The summed E-state index contributed by atoms with van der Waals surface area (Å²) in [5.74, 6) is -2.17. The molecule has 3 nitrogen and oxygen atoms in total. The summed E-state index contributed by atoms with van der Waals surface area (Å²) in [6, 6.07) is 3.13. The van der Waals surface area contributed by atoms with Crippen molar-refractivity contribution < 1.29 is 14.6 Å². The molecule has 0 atom stereocenters. The van der Waals surface area contributed by atoms with Crippen molar-refractivity contribution in [3.05, 3.63) is 34.6 Å². The van der Waals surface area contributed by atoms with E-state index < -0.39 is 5.91 Å². The average Bonchev–Trinajstić information content (AvgIpc) is 2.56. The van der Waals surface area contributed by atoms with E-state index in [-0.39, 0.29) is 12.4 Å². The Morgan fingerprint density at radius 1 is 1.27 bits per heavy atom. The quantitative estimate of drug-likeness (QED) is 0.684. The first-order chi connectivity index (χ1) is 6.89. The van der Waals surface area contributed by atoms with Gasteiger partial charge < -0.3 is 10.2 Å². The van der Waals surface area contributed by atoms with Crippen LogP contribution >= 0.6 is 0 Å². The highest BCUT2D eigenvalue weighted by molar-refractivity contribution is 5.38. The maximum atomic E-state index is 13.4. The van der Waals surface area contributed by atoms with E-state index in [1.807, 2.05) is 6.92 Å². The summed E-state index contributed by atoms with van der Waals surface area (Å²) in [7, 11) is 0. The maximum Gasteiger partial charge on any atom is 0.222 e. The second-order valence-electron chi connectivity index (χ2n) is 4.15. The van der Waals surface area contributed by atoms with Crippen LogP contribution in [0.25, 0.3) is 0 Å². The summed E-state index contributed by atoms with van der Waals surface area (Å²) < 4.78 is 13.4. The third-order valence-corrected chi connectivity index (χ3v) is 2.91. The van der Waals surface area contributed by atoms with Crippen LogP contribution in [0.1, 0.15) is 23.6 Å². The first kappa shape index (κ1) is 10.5. The van der Waals surface area contributed by atoms with Gasteiger partial charge in [-0.1, -0.05) is 6.07 Å². The van der Waals surface area contributed by atoms with Crippen molar-refractivity contribution in [3.63, 3.8) is 0 Å². The molecule has 0 unspecified atom stereocenters. The Bertz CT molecular complexity index is 367. The highest BCUT2D eigenvalue weighted by Crippen LogP contribution is 2.30. The molecule has 0 bridgehead atoms. The molecule has 15 heavy (non-hydrogen) atoms. The molecule has 4 heteroatoms. The predicted octanol–water partition coefficient (Wildman–Crippen LogP) is 1.11. The van der Waals surface area contributed by atoms with Gasteiger partial charge in [-0.3, -0.25) is 0 Å². The fourth-order valence-corrected chi connectivity index (χ4v) is 1.91. The van der Waals surface area contributed by atoms with Crippen LogP contribution in [0, 0.1) is 12.7 Å². The van der Waals surface area contributed by atoms with E-state index in [1.165, 1.54) is 17.9 Å². The van der Waals surface area contributed by atoms with Crippen molar-refractivity contribution in [1.29, 1.82) is 0 Å². The van der Waals surface area contributed by atoms with E-state index in [2.05, 4.69) is 0 Å². The molecule has 0 spiro atoms. The van der Waals surface area contributed by atoms with Crippen LogP contribution in [-0.2, 0) is 13.1 Å². The van der Waals surface area contributed by atoms with E-state index in [4.69, 9.17) is 0 Å². The molecule has 1 aromatic rings. The molecule has 1 aliphatic rings. The smallest absolute Gasteiger partial charge is 0.222 e. The van der Waals surface area contributed by atoms with Gasteiger partial charge in [0.05, 0.1) is 0 Å². The molecule has 0 aromatic heterocycles. The summed E-state index contributed by atoms with van der Waals surface area (Å²) >= 11 is 0. The molecule has 0 radical (unpaired) electrons. The fourth-order valence-electron chi connectivity index (χ4n) is 1.91. The van der Waals surface area contributed by atoms with Crippen LogP contribution in [0.3, 0.4) is 0 Å². The number of hydrogen-bond donors (Lipinski definition) is 2. The number of fused-ring (bicyclic) bond motifs is 1. The van der Waals surface area contributed by atoms with E-state index in [1.54, 1.807) is 6.07 Å². The van der Waals surface area contributed by atoms with Crippen molar-refractivity contribution in [2.75, 3.05) is 0 Å². The lowest BCUT2D eigenvalue weighted by Crippen LogP contribution is -2.42. The summed E-state index contributed by atoms with van der Waals surface area (Å²) in [6.45, 7) is 3.80. The van der Waals surface area contributed by atoms with E-state index in [0.29, 0.717) is 12.1 Å². The third-order valence-electron chi connectivity index (χ3n) is 2.91. The van der Waals surface area contributed by atoms with E-state index >= 15 is 0 Å². The highest BCUT2D eigenvalue weighted by Gasteiger charge is 2.33. The minimum absolute atomic E-state index is 0.242. The fraction of sp³-hybridized carbons (Fsp3) is 0.455. The van der Waals surface area contributed by atoms with Crippen molar-refractivity contribution >= 4 is 0 Å². The van der Waals surface area contributed by atoms with Gasteiger partial charge in [0.25, 0.3) is 0 Å². The highest BCUT2D eigenvalue weighted by atomic mass is 19.1. The van der Waals surface area contributed by atoms with Gasteiger partial charge in [0.15, 0.2) is 0 Å². The standard InChI is InChI=1S/C11H14FNO2/c1-7-3-4-10(12)9-6-13(5-8(7)9)11(2,14)15/h3-4,14-15H,5-6H2,1-2H3. The normalized spacial score (nSPS) is 16.9. The second-order valence-corrected chi connectivity index (χ2v) is 4.15. The minimum atomic E-state index is -1.89. The van der Waals surface area contributed by atoms with Crippen LogP contribution in [0.4, 0.5) is 4.39 Å². The first-order valence-corrected chi connectivity index (χ1v) is 4.86. The molecule has 82 valence electrons. The molecule has 0 saturated heterocycles. The zero-order valence-electron chi connectivity index (χ0n) is 8.79. The van der Waals surface area contributed by atoms with E-state index in [9.17, 15) is 14.6 Å². The van der Waals surface area contributed by atoms with Crippen LogP contribution in [-0.4, -0.2) is 21.0 Å². The SMILES string of the molecule is Cc1ccc(F)c2c1CN(C(C)(O)O)C2. The molecule has 0 aliphatic carbocycles. The number of aryl methyl sites for hydroxylation is 1. The van der Waals surface area contributed by atoms with Gasteiger partial charge in [-0.15, -0.1) is 0 Å². The molecule has 0 fully saturated rings. The van der Waals surface area contributed by atoms with Crippen molar-refractivity contribution in [2.45, 2.75) is 32.8 Å². The van der Waals surface area contributed by atoms with Crippen molar-refractivity contribution in [3.8, 4) is 0 Å². The summed E-state index contributed by atoms with van der Waals surface area (Å²) in [5, 5.41) is 18.9. The summed E-state index contributed by atoms with van der Waals surface area (Å²) in [4.78, 5) is 1.42. The Labute approximate surface area is 87.8 Å². The van der Waals surface area contributed by atoms with Crippen molar-refractivity contribution in [2.24, 2.45) is 0 Å². The zero-order chi connectivity index (χ0) is 11.2. The number of nitrogens with zero attached hydrogens (tertiary/aromatic N) is 1. The van der Waals surface area contributed by atoms with Crippen LogP contribution in [0.2, 0.25) is 0 Å².